The predicted octanol–water partition coefficient (Wildman–Crippen LogP) is 1.61. The molecule has 5 heteroatoms. The first-order valence-electron chi connectivity index (χ1n) is 4.57. The molecule has 2 rings (SSSR count). The van der Waals surface area contributed by atoms with E-state index < -0.39 is 5.97 Å². The highest BCUT2D eigenvalue weighted by Gasteiger charge is 2.22. The van der Waals surface area contributed by atoms with Gasteiger partial charge >= 0.3 is 5.97 Å². The molecule has 0 radical (unpaired) electrons. The highest BCUT2D eigenvalue weighted by Crippen LogP contribution is 2.26. The molecule has 5 nitrogen and oxygen atoms in total. The summed E-state index contributed by atoms with van der Waals surface area (Å²) in [5.41, 5.74) is -0.0610. The summed E-state index contributed by atoms with van der Waals surface area (Å²) in [7, 11) is 0. The molecular weight excluding hydrogens is 186 g/mol. The third kappa shape index (κ3) is 1.77. The molecule has 1 atom stereocenters. The first kappa shape index (κ1) is 9.21. The number of carboxylic acid groups (broad SMARTS) is 1. The van der Waals surface area contributed by atoms with Crippen molar-refractivity contribution in [2.24, 2.45) is 0 Å². The number of rotatable bonds is 2. The van der Waals surface area contributed by atoms with Crippen LogP contribution in [0, 0.1) is 0 Å². The van der Waals surface area contributed by atoms with Crippen LogP contribution in [0.5, 0.6) is 0 Å². The summed E-state index contributed by atoms with van der Waals surface area (Å²) in [6.07, 6.45) is 3.94. The Bertz CT molecular complexity index is 327. The Labute approximate surface area is 80.7 Å². The van der Waals surface area contributed by atoms with Gasteiger partial charge in [0.25, 0.3) is 0 Å². The zero-order valence-electron chi connectivity index (χ0n) is 7.60. The Balaban J connectivity index is 2.11. The van der Waals surface area contributed by atoms with Gasteiger partial charge in [-0.25, -0.2) is 9.78 Å². The number of aromatic nitrogens is 1. The highest BCUT2D eigenvalue weighted by atomic mass is 16.5. The van der Waals surface area contributed by atoms with Crippen LogP contribution in [0.4, 0.5) is 0 Å². The standard InChI is InChI=1S/C9H11NO4/c11-9(12)6-5-14-8(10-6)7-3-1-2-4-13-7/h5,7H,1-4H2,(H,11,12). The molecule has 0 bridgehead atoms. The molecule has 1 N–H and O–H groups in total. The Kier molecular flexibility index (Phi) is 2.49. The molecule has 1 aromatic rings. The van der Waals surface area contributed by atoms with E-state index in [9.17, 15) is 4.79 Å². The van der Waals surface area contributed by atoms with Crippen molar-refractivity contribution in [3.05, 3.63) is 17.8 Å². The first-order chi connectivity index (χ1) is 6.77. The Morgan fingerprint density at radius 3 is 3.00 bits per heavy atom. The molecule has 0 saturated carbocycles. The summed E-state index contributed by atoms with van der Waals surface area (Å²) in [5.74, 6) is -0.696. The fourth-order valence-corrected chi connectivity index (χ4v) is 1.47. The van der Waals surface area contributed by atoms with Gasteiger partial charge in [-0.1, -0.05) is 0 Å². The molecule has 14 heavy (non-hydrogen) atoms. The van der Waals surface area contributed by atoms with Crippen LogP contribution in [0.3, 0.4) is 0 Å². The highest BCUT2D eigenvalue weighted by molar-refractivity contribution is 5.84. The van der Waals surface area contributed by atoms with E-state index in [4.69, 9.17) is 14.3 Å². The maximum atomic E-state index is 10.5. The summed E-state index contributed by atoms with van der Waals surface area (Å²) < 4.78 is 10.5. The van der Waals surface area contributed by atoms with E-state index in [-0.39, 0.29) is 11.8 Å². The van der Waals surface area contributed by atoms with Crippen molar-refractivity contribution in [2.45, 2.75) is 25.4 Å². The number of oxazole rings is 1. The Hall–Kier alpha value is -1.36. The van der Waals surface area contributed by atoms with E-state index in [1.165, 1.54) is 0 Å². The zero-order valence-corrected chi connectivity index (χ0v) is 7.60. The zero-order chi connectivity index (χ0) is 9.97. The maximum Gasteiger partial charge on any atom is 0.357 e. The Morgan fingerprint density at radius 2 is 2.43 bits per heavy atom. The molecule has 0 amide bonds. The van der Waals surface area contributed by atoms with Crippen LogP contribution in [0.1, 0.15) is 41.7 Å². The fourth-order valence-electron chi connectivity index (χ4n) is 1.47. The van der Waals surface area contributed by atoms with Gasteiger partial charge in [-0.05, 0) is 19.3 Å². The molecule has 1 aromatic heterocycles. The number of nitrogens with zero attached hydrogens (tertiary/aromatic N) is 1. The van der Waals surface area contributed by atoms with Gasteiger partial charge in [0, 0.05) is 6.61 Å². The van der Waals surface area contributed by atoms with E-state index in [1.807, 2.05) is 0 Å². The van der Waals surface area contributed by atoms with Crippen molar-refractivity contribution in [1.29, 1.82) is 0 Å². The molecule has 1 aliphatic rings. The first-order valence-corrected chi connectivity index (χ1v) is 4.57. The second-order valence-corrected chi connectivity index (χ2v) is 3.23. The molecule has 0 spiro atoms. The van der Waals surface area contributed by atoms with Crippen LogP contribution in [0.2, 0.25) is 0 Å². The van der Waals surface area contributed by atoms with Gasteiger partial charge in [0.1, 0.15) is 12.4 Å². The lowest BCUT2D eigenvalue weighted by atomic mass is 10.1. The van der Waals surface area contributed by atoms with Gasteiger partial charge in [0.2, 0.25) is 5.89 Å². The molecule has 1 fully saturated rings. The van der Waals surface area contributed by atoms with Gasteiger partial charge in [-0.15, -0.1) is 0 Å². The van der Waals surface area contributed by atoms with Gasteiger partial charge in [0.05, 0.1) is 0 Å². The minimum Gasteiger partial charge on any atom is -0.476 e. The smallest absolute Gasteiger partial charge is 0.357 e. The third-order valence-electron chi connectivity index (χ3n) is 2.20. The SMILES string of the molecule is O=C(O)c1coc(C2CCCCO2)n1. The van der Waals surface area contributed by atoms with Crippen molar-refractivity contribution in [3.63, 3.8) is 0 Å². The van der Waals surface area contributed by atoms with E-state index in [1.54, 1.807) is 0 Å². The van der Waals surface area contributed by atoms with Crippen LogP contribution < -0.4 is 0 Å². The normalized spacial score (nSPS) is 22.1. The molecule has 2 heterocycles. The molecule has 0 aliphatic carbocycles. The molecule has 76 valence electrons. The van der Waals surface area contributed by atoms with Gasteiger partial charge in [-0.2, -0.15) is 0 Å². The largest absolute Gasteiger partial charge is 0.476 e. The summed E-state index contributed by atoms with van der Waals surface area (Å²) >= 11 is 0. The van der Waals surface area contributed by atoms with E-state index in [2.05, 4.69) is 4.98 Å². The van der Waals surface area contributed by atoms with Crippen molar-refractivity contribution >= 4 is 5.97 Å². The average molecular weight is 197 g/mol. The molecule has 1 aliphatic heterocycles. The Morgan fingerprint density at radius 1 is 1.57 bits per heavy atom. The van der Waals surface area contributed by atoms with E-state index in [0.717, 1.165) is 25.5 Å². The minimum atomic E-state index is -1.07. The second kappa shape index (κ2) is 3.79. The summed E-state index contributed by atoms with van der Waals surface area (Å²) in [5, 5.41) is 8.63. The summed E-state index contributed by atoms with van der Waals surface area (Å²) in [6, 6.07) is 0. The predicted molar refractivity (Wildman–Crippen MR) is 46.0 cm³/mol. The van der Waals surface area contributed by atoms with Gasteiger partial charge in [0.15, 0.2) is 5.69 Å². The summed E-state index contributed by atoms with van der Waals surface area (Å²) in [4.78, 5) is 14.4. The van der Waals surface area contributed by atoms with Gasteiger partial charge in [-0.3, -0.25) is 0 Å². The van der Waals surface area contributed by atoms with Gasteiger partial charge < -0.3 is 14.3 Å². The number of hydrogen-bond acceptors (Lipinski definition) is 4. The number of aromatic carboxylic acids is 1. The van der Waals surface area contributed by atoms with Crippen LogP contribution in [0.15, 0.2) is 10.7 Å². The monoisotopic (exact) mass is 197 g/mol. The third-order valence-corrected chi connectivity index (χ3v) is 2.20. The lowest BCUT2D eigenvalue weighted by Gasteiger charge is -2.19. The molecule has 1 unspecified atom stereocenters. The average Bonchev–Trinajstić information content (AvgIpc) is 2.68. The maximum absolute atomic E-state index is 10.5. The fraction of sp³-hybridized carbons (Fsp3) is 0.556. The number of ether oxygens (including phenoxy) is 1. The quantitative estimate of drug-likeness (QED) is 0.779. The minimum absolute atomic E-state index is 0.0610. The molecule has 1 saturated heterocycles. The van der Waals surface area contributed by atoms with Crippen molar-refractivity contribution in [3.8, 4) is 0 Å². The summed E-state index contributed by atoms with van der Waals surface area (Å²) in [6.45, 7) is 0.690. The van der Waals surface area contributed by atoms with E-state index in [0.29, 0.717) is 12.5 Å². The van der Waals surface area contributed by atoms with Crippen LogP contribution in [0.25, 0.3) is 0 Å². The number of hydrogen-bond donors (Lipinski definition) is 1. The molecule has 0 aromatic carbocycles. The van der Waals surface area contributed by atoms with Crippen molar-refractivity contribution < 1.29 is 19.1 Å². The lowest BCUT2D eigenvalue weighted by molar-refractivity contribution is -0.00149. The van der Waals surface area contributed by atoms with Crippen LogP contribution in [-0.4, -0.2) is 22.7 Å². The topological polar surface area (TPSA) is 72.6 Å². The number of carboxylic acids is 1. The van der Waals surface area contributed by atoms with E-state index >= 15 is 0 Å². The van der Waals surface area contributed by atoms with Crippen molar-refractivity contribution in [2.75, 3.05) is 6.61 Å². The number of carbonyl (C=O) groups is 1. The molecular formula is C9H11NO4. The second-order valence-electron chi connectivity index (χ2n) is 3.23. The van der Waals surface area contributed by atoms with Crippen molar-refractivity contribution in [1.82, 2.24) is 4.98 Å². The lowest BCUT2D eigenvalue weighted by Crippen LogP contribution is -2.12. The van der Waals surface area contributed by atoms with Crippen LogP contribution in [-0.2, 0) is 4.74 Å². The van der Waals surface area contributed by atoms with Crippen LogP contribution >= 0.6 is 0 Å².